The minimum Gasteiger partial charge on any atom is -0.329 e. The standard InChI is InChI=1S/C13H15Cl2NO/c14-9-3-4-11(15)10(7-9)12(17)13(8-16)5-1-2-6-13/h3-4,7H,1-2,5-6,8,16H2. The third kappa shape index (κ3) is 2.35. The first kappa shape index (κ1) is 12.9. The Morgan fingerprint density at radius 3 is 2.53 bits per heavy atom. The predicted molar refractivity (Wildman–Crippen MR) is 70.7 cm³/mol. The first-order valence-electron chi connectivity index (χ1n) is 5.79. The number of halogens is 2. The third-order valence-corrected chi connectivity index (χ3v) is 4.17. The molecular weight excluding hydrogens is 257 g/mol. The average Bonchev–Trinajstić information content (AvgIpc) is 2.81. The normalized spacial score (nSPS) is 18.3. The summed E-state index contributed by atoms with van der Waals surface area (Å²) < 4.78 is 0. The van der Waals surface area contributed by atoms with Crippen molar-refractivity contribution in [3.8, 4) is 0 Å². The SMILES string of the molecule is NCC1(C(=O)c2cc(Cl)ccc2Cl)CCCC1. The van der Waals surface area contributed by atoms with Crippen LogP contribution in [0.2, 0.25) is 10.0 Å². The number of hydrogen-bond acceptors (Lipinski definition) is 2. The summed E-state index contributed by atoms with van der Waals surface area (Å²) in [7, 11) is 0. The molecule has 0 heterocycles. The fraction of sp³-hybridized carbons (Fsp3) is 0.462. The highest BCUT2D eigenvalue weighted by Gasteiger charge is 2.40. The van der Waals surface area contributed by atoms with E-state index in [0.717, 1.165) is 25.7 Å². The summed E-state index contributed by atoms with van der Waals surface area (Å²) >= 11 is 12.0. The summed E-state index contributed by atoms with van der Waals surface area (Å²) in [5, 5.41) is 0.988. The van der Waals surface area contributed by atoms with Crippen LogP contribution in [0.3, 0.4) is 0 Å². The van der Waals surface area contributed by atoms with Crippen LogP contribution in [0.5, 0.6) is 0 Å². The second kappa shape index (κ2) is 4.97. The van der Waals surface area contributed by atoms with Crippen LogP contribution in [0.15, 0.2) is 18.2 Å². The molecule has 2 rings (SSSR count). The van der Waals surface area contributed by atoms with E-state index in [2.05, 4.69) is 0 Å². The lowest BCUT2D eigenvalue weighted by atomic mass is 9.79. The van der Waals surface area contributed by atoms with Crippen molar-refractivity contribution in [3.63, 3.8) is 0 Å². The van der Waals surface area contributed by atoms with E-state index in [9.17, 15) is 4.79 Å². The van der Waals surface area contributed by atoms with E-state index >= 15 is 0 Å². The maximum absolute atomic E-state index is 12.5. The summed E-state index contributed by atoms with van der Waals surface area (Å²) in [6.45, 7) is 0.384. The zero-order chi connectivity index (χ0) is 12.5. The molecule has 0 spiro atoms. The molecule has 0 aromatic heterocycles. The molecule has 1 fully saturated rings. The van der Waals surface area contributed by atoms with Crippen LogP contribution in [0, 0.1) is 5.41 Å². The molecule has 2 N–H and O–H groups in total. The van der Waals surface area contributed by atoms with Gasteiger partial charge in [-0.1, -0.05) is 36.0 Å². The monoisotopic (exact) mass is 271 g/mol. The van der Waals surface area contributed by atoms with Crippen molar-refractivity contribution in [2.45, 2.75) is 25.7 Å². The Labute approximate surface area is 111 Å². The number of hydrogen-bond donors (Lipinski definition) is 1. The highest BCUT2D eigenvalue weighted by molar-refractivity contribution is 6.36. The van der Waals surface area contributed by atoms with Gasteiger partial charge in [-0.25, -0.2) is 0 Å². The van der Waals surface area contributed by atoms with Crippen molar-refractivity contribution in [2.24, 2.45) is 11.1 Å². The van der Waals surface area contributed by atoms with Gasteiger partial charge in [0.2, 0.25) is 0 Å². The predicted octanol–water partition coefficient (Wildman–Crippen LogP) is 3.70. The number of rotatable bonds is 3. The molecule has 4 heteroatoms. The second-order valence-electron chi connectivity index (χ2n) is 4.64. The van der Waals surface area contributed by atoms with Crippen LogP contribution in [0.4, 0.5) is 0 Å². The topological polar surface area (TPSA) is 43.1 Å². The Bertz CT molecular complexity index is 439. The molecule has 1 aromatic carbocycles. The quantitative estimate of drug-likeness (QED) is 0.852. The van der Waals surface area contributed by atoms with Gasteiger partial charge in [0.05, 0.1) is 5.02 Å². The van der Waals surface area contributed by atoms with Gasteiger partial charge in [-0.15, -0.1) is 0 Å². The van der Waals surface area contributed by atoms with Crippen molar-refractivity contribution >= 4 is 29.0 Å². The average molecular weight is 272 g/mol. The summed E-state index contributed by atoms with van der Waals surface area (Å²) in [4.78, 5) is 12.5. The van der Waals surface area contributed by atoms with Gasteiger partial charge in [-0.2, -0.15) is 0 Å². The minimum atomic E-state index is -0.422. The Kier molecular flexibility index (Phi) is 3.76. The van der Waals surface area contributed by atoms with Crippen molar-refractivity contribution in [2.75, 3.05) is 6.54 Å². The van der Waals surface area contributed by atoms with Crippen LogP contribution in [0.25, 0.3) is 0 Å². The molecule has 1 aromatic rings. The molecule has 1 aliphatic carbocycles. The smallest absolute Gasteiger partial charge is 0.171 e. The summed E-state index contributed by atoms with van der Waals surface area (Å²) in [6, 6.07) is 4.99. The van der Waals surface area contributed by atoms with Crippen LogP contribution >= 0.6 is 23.2 Å². The number of nitrogens with two attached hydrogens (primary N) is 1. The zero-order valence-electron chi connectivity index (χ0n) is 9.51. The maximum atomic E-state index is 12.5. The van der Waals surface area contributed by atoms with Gasteiger partial charge in [0.15, 0.2) is 5.78 Å². The molecule has 1 saturated carbocycles. The molecule has 0 atom stereocenters. The van der Waals surface area contributed by atoms with E-state index in [1.54, 1.807) is 18.2 Å². The van der Waals surface area contributed by atoms with Gasteiger partial charge in [0, 0.05) is 22.5 Å². The Morgan fingerprint density at radius 2 is 1.94 bits per heavy atom. The van der Waals surface area contributed by atoms with Gasteiger partial charge >= 0.3 is 0 Å². The fourth-order valence-corrected chi connectivity index (χ4v) is 2.91. The van der Waals surface area contributed by atoms with Gasteiger partial charge in [-0.3, -0.25) is 4.79 Å². The van der Waals surface area contributed by atoms with Crippen LogP contribution in [-0.2, 0) is 0 Å². The van der Waals surface area contributed by atoms with Crippen LogP contribution in [0.1, 0.15) is 36.0 Å². The van der Waals surface area contributed by atoms with E-state index < -0.39 is 5.41 Å². The molecule has 92 valence electrons. The lowest BCUT2D eigenvalue weighted by Crippen LogP contribution is -2.36. The Balaban J connectivity index is 2.39. The molecule has 0 unspecified atom stereocenters. The first-order valence-corrected chi connectivity index (χ1v) is 6.54. The molecule has 17 heavy (non-hydrogen) atoms. The molecule has 2 nitrogen and oxygen atoms in total. The van der Waals surface area contributed by atoms with Crippen LogP contribution in [-0.4, -0.2) is 12.3 Å². The largest absolute Gasteiger partial charge is 0.329 e. The second-order valence-corrected chi connectivity index (χ2v) is 5.49. The third-order valence-electron chi connectivity index (χ3n) is 3.61. The lowest BCUT2D eigenvalue weighted by molar-refractivity contribution is 0.0810. The molecule has 0 amide bonds. The number of carbonyl (C=O) groups is 1. The molecular formula is C13H15Cl2NO. The van der Waals surface area contributed by atoms with Gasteiger partial charge < -0.3 is 5.73 Å². The number of benzene rings is 1. The van der Waals surface area contributed by atoms with E-state index in [0.29, 0.717) is 22.2 Å². The van der Waals surface area contributed by atoms with Crippen LogP contribution < -0.4 is 5.73 Å². The van der Waals surface area contributed by atoms with E-state index in [1.807, 2.05) is 0 Å². The highest BCUT2D eigenvalue weighted by atomic mass is 35.5. The Hall–Kier alpha value is -0.570. The van der Waals surface area contributed by atoms with Crippen molar-refractivity contribution < 1.29 is 4.79 Å². The summed E-state index contributed by atoms with van der Waals surface area (Å²) in [6.07, 6.45) is 3.82. The highest BCUT2D eigenvalue weighted by Crippen LogP contribution is 2.41. The fourth-order valence-electron chi connectivity index (χ4n) is 2.53. The van der Waals surface area contributed by atoms with E-state index in [-0.39, 0.29) is 5.78 Å². The zero-order valence-corrected chi connectivity index (χ0v) is 11.0. The first-order chi connectivity index (χ1) is 8.09. The molecule has 0 bridgehead atoms. The number of Topliss-reactive ketones (excluding diaryl/α,β-unsaturated/α-hetero) is 1. The number of carbonyl (C=O) groups excluding carboxylic acids is 1. The van der Waals surface area contributed by atoms with Crippen molar-refractivity contribution in [1.82, 2.24) is 0 Å². The van der Waals surface area contributed by atoms with Crippen molar-refractivity contribution in [1.29, 1.82) is 0 Å². The number of ketones is 1. The van der Waals surface area contributed by atoms with E-state index in [4.69, 9.17) is 28.9 Å². The molecule has 0 saturated heterocycles. The molecule has 1 aliphatic rings. The molecule has 0 radical (unpaired) electrons. The maximum Gasteiger partial charge on any atom is 0.171 e. The van der Waals surface area contributed by atoms with Gasteiger partial charge in [-0.05, 0) is 31.0 Å². The summed E-state index contributed by atoms with van der Waals surface area (Å²) in [5.74, 6) is 0.0463. The van der Waals surface area contributed by atoms with E-state index in [1.165, 1.54) is 0 Å². The minimum absolute atomic E-state index is 0.0463. The summed E-state index contributed by atoms with van der Waals surface area (Å²) in [5.41, 5.74) is 5.88. The molecule has 0 aliphatic heterocycles. The van der Waals surface area contributed by atoms with Gasteiger partial charge in [0.1, 0.15) is 0 Å². The Morgan fingerprint density at radius 1 is 1.29 bits per heavy atom. The van der Waals surface area contributed by atoms with Crippen molar-refractivity contribution in [3.05, 3.63) is 33.8 Å². The lowest BCUT2D eigenvalue weighted by Gasteiger charge is -2.25. The van der Waals surface area contributed by atoms with Gasteiger partial charge in [0.25, 0.3) is 0 Å².